The Morgan fingerprint density at radius 3 is 2.92 bits per heavy atom. The van der Waals surface area contributed by atoms with Crippen molar-refractivity contribution in [1.29, 1.82) is 0 Å². The van der Waals surface area contributed by atoms with Gasteiger partial charge in [-0.05, 0) is 42.7 Å². The van der Waals surface area contributed by atoms with Gasteiger partial charge in [-0.3, -0.25) is 4.98 Å². The molecule has 0 radical (unpaired) electrons. The van der Waals surface area contributed by atoms with Crippen LogP contribution in [0.3, 0.4) is 0 Å². The van der Waals surface area contributed by atoms with Crippen LogP contribution in [0.2, 0.25) is 0 Å². The molecule has 6 heteroatoms. The third-order valence-corrected chi connectivity index (χ3v) is 4.84. The first-order valence-corrected chi connectivity index (χ1v) is 8.48. The van der Waals surface area contributed by atoms with Gasteiger partial charge in [-0.2, -0.15) is 0 Å². The van der Waals surface area contributed by atoms with Crippen LogP contribution in [0.1, 0.15) is 12.8 Å². The minimum Gasteiger partial charge on any atom is -0.350 e. The second-order valence-corrected chi connectivity index (χ2v) is 6.62. The summed E-state index contributed by atoms with van der Waals surface area (Å²) in [5, 5.41) is 9.04. The molecule has 6 nitrogen and oxygen atoms in total. The fourth-order valence-electron chi connectivity index (χ4n) is 3.42. The molecule has 1 fully saturated rings. The summed E-state index contributed by atoms with van der Waals surface area (Å²) in [6.07, 6.45) is 7.61. The maximum atomic E-state index is 5.83. The fraction of sp³-hybridized carbons (Fsp3) is 0.211. The largest absolute Gasteiger partial charge is 0.350 e. The van der Waals surface area contributed by atoms with Crippen LogP contribution in [0.15, 0.2) is 55.0 Å². The van der Waals surface area contributed by atoms with E-state index in [1.54, 1.807) is 0 Å². The number of hydrogen-bond donors (Lipinski definition) is 2. The highest BCUT2D eigenvalue weighted by Gasteiger charge is 2.26. The van der Waals surface area contributed by atoms with Crippen LogP contribution in [0.25, 0.3) is 27.5 Å². The lowest BCUT2D eigenvalue weighted by Crippen LogP contribution is -2.44. The van der Waals surface area contributed by atoms with Gasteiger partial charge in [0.15, 0.2) is 0 Å². The number of benzene rings is 1. The predicted molar refractivity (Wildman–Crippen MR) is 98.3 cm³/mol. The van der Waals surface area contributed by atoms with Gasteiger partial charge in [0.1, 0.15) is 0 Å². The van der Waals surface area contributed by atoms with Gasteiger partial charge in [0.25, 0.3) is 0 Å². The van der Waals surface area contributed by atoms with E-state index in [9.17, 15) is 0 Å². The van der Waals surface area contributed by atoms with Gasteiger partial charge in [-0.1, -0.05) is 12.1 Å². The maximum absolute atomic E-state index is 5.83. The Labute approximate surface area is 144 Å². The van der Waals surface area contributed by atoms with Gasteiger partial charge in [0.05, 0.1) is 17.2 Å². The Kier molecular flexibility index (Phi) is 3.18. The number of aromatic nitrogens is 4. The topological polar surface area (TPSA) is 81.1 Å². The zero-order chi connectivity index (χ0) is 16.8. The molecule has 0 amide bonds. The smallest absolute Gasteiger partial charge is 0.241 e. The zero-order valence-corrected chi connectivity index (χ0v) is 13.6. The van der Waals surface area contributed by atoms with Crippen molar-refractivity contribution in [2.24, 2.45) is 5.73 Å². The molecule has 5 rings (SSSR count). The molecule has 0 bridgehead atoms. The highest BCUT2D eigenvalue weighted by molar-refractivity contribution is 5.88. The van der Waals surface area contributed by atoms with Crippen molar-refractivity contribution in [2.45, 2.75) is 24.9 Å². The molecule has 0 unspecified atom stereocenters. The van der Waals surface area contributed by atoms with Crippen molar-refractivity contribution < 1.29 is 0 Å². The molecule has 0 aliphatic heterocycles. The van der Waals surface area contributed by atoms with E-state index >= 15 is 0 Å². The highest BCUT2D eigenvalue weighted by atomic mass is 15.3. The van der Waals surface area contributed by atoms with E-state index < -0.39 is 0 Å². The molecule has 1 aromatic carbocycles. The van der Waals surface area contributed by atoms with E-state index in [0.717, 1.165) is 40.4 Å². The molecule has 0 atom stereocenters. The molecule has 0 saturated heterocycles. The van der Waals surface area contributed by atoms with Crippen LogP contribution >= 0.6 is 0 Å². The first-order chi connectivity index (χ1) is 12.3. The molecule has 3 N–H and O–H groups in total. The number of nitrogens with zero attached hydrogens (tertiary/aromatic N) is 4. The number of nitrogens with one attached hydrogen (secondary N) is 1. The average molecular weight is 330 g/mol. The summed E-state index contributed by atoms with van der Waals surface area (Å²) >= 11 is 0. The van der Waals surface area contributed by atoms with Gasteiger partial charge >= 0.3 is 0 Å². The summed E-state index contributed by atoms with van der Waals surface area (Å²) in [6, 6.07) is 13.1. The number of rotatable bonds is 3. The van der Waals surface area contributed by atoms with Crippen LogP contribution in [0.4, 0.5) is 5.95 Å². The molecule has 3 aromatic heterocycles. The SMILES string of the molecule is N[C@H]1C[C@H](Nc2ncc3c(-c4ccc5ncccc5c4)ccn3n2)C1. The van der Waals surface area contributed by atoms with Crippen LogP contribution in [0, 0.1) is 0 Å². The molecule has 3 heterocycles. The first-order valence-electron chi connectivity index (χ1n) is 8.48. The third kappa shape index (κ3) is 2.51. The summed E-state index contributed by atoms with van der Waals surface area (Å²) in [4.78, 5) is 8.86. The summed E-state index contributed by atoms with van der Waals surface area (Å²) in [5.41, 5.74) is 10.1. The highest BCUT2D eigenvalue weighted by Crippen LogP contribution is 2.28. The van der Waals surface area contributed by atoms with Crippen LogP contribution < -0.4 is 11.1 Å². The van der Waals surface area contributed by atoms with E-state index in [1.807, 2.05) is 35.2 Å². The zero-order valence-electron chi connectivity index (χ0n) is 13.6. The second-order valence-electron chi connectivity index (χ2n) is 6.62. The number of fused-ring (bicyclic) bond motifs is 2. The maximum Gasteiger partial charge on any atom is 0.241 e. The molecule has 1 aliphatic carbocycles. The minimum absolute atomic E-state index is 0.307. The lowest BCUT2D eigenvalue weighted by atomic mass is 9.88. The summed E-state index contributed by atoms with van der Waals surface area (Å²) in [6.45, 7) is 0. The standard InChI is InChI=1S/C19H18N6/c20-14-9-15(10-14)23-19-22-11-18-16(5-7-25(18)24-19)12-3-4-17-13(8-12)2-1-6-21-17/h1-8,11,14-15H,9-10,20H2,(H,23,24)/t14-,15-. The van der Waals surface area contributed by atoms with Crippen molar-refractivity contribution in [1.82, 2.24) is 19.6 Å². The van der Waals surface area contributed by atoms with Gasteiger partial charge in [-0.25, -0.2) is 9.50 Å². The molecule has 25 heavy (non-hydrogen) atoms. The average Bonchev–Trinajstić information content (AvgIpc) is 3.03. The summed E-state index contributed by atoms with van der Waals surface area (Å²) < 4.78 is 1.87. The Bertz CT molecular complexity index is 1060. The minimum atomic E-state index is 0.307. The molecule has 0 spiro atoms. The Balaban J connectivity index is 1.50. The monoisotopic (exact) mass is 330 g/mol. The fourth-order valence-corrected chi connectivity index (χ4v) is 3.42. The van der Waals surface area contributed by atoms with E-state index in [1.165, 1.54) is 0 Å². The van der Waals surface area contributed by atoms with Crippen molar-refractivity contribution in [3.63, 3.8) is 0 Å². The van der Waals surface area contributed by atoms with Crippen molar-refractivity contribution in [3.05, 3.63) is 55.0 Å². The Morgan fingerprint density at radius 1 is 1.12 bits per heavy atom. The number of hydrogen-bond acceptors (Lipinski definition) is 5. The Hall–Kier alpha value is -2.99. The van der Waals surface area contributed by atoms with Crippen LogP contribution in [0.5, 0.6) is 0 Å². The third-order valence-electron chi connectivity index (χ3n) is 4.84. The molecule has 4 aromatic rings. The number of anilines is 1. The van der Waals surface area contributed by atoms with Crippen LogP contribution in [-0.2, 0) is 0 Å². The Morgan fingerprint density at radius 2 is 2.04 bits per heavy atom. The predicted octanol–water partition coefficient (Wildman–Crippen LogP) is 2.85. The molecular formula is C19H18N6. The van der Waals surface area contributed by atoms with E-state index in [-0.39, 0.29) is 0 Å². The first kappa shape index (κ1) is 14.4. The van der Waals surface area contributed by atoms with E-state index in [4.69, 9.17) is 5.73 Å². The van der Waals surface area contributed by atoms with Crippen LogP contribution in [-0.4, -0.2) is 31.7 Å². The van der Waals surface area contributed by atoms with Crippen molar-refractivity contribution in [3.8, 4) is 11.1 Å². The summed E-state index contributed by atoms with van der Waals surface area (Å²) in [7, 11) is 0. The van der Waals surface area contributed by atoms with Gasteiger partial charge in [0.2, 0.25) is 5.95 Å². The van der Waals surface area contributed by atoms with E-state index in [2.05, 4.69) is 44.6 Å². The normalized spacial score (nSPS) is 19.9. The summed E-state index contributed by atoms with van der Waals surface area (Å²) in [5.74, 6) is 0.647. The molecule has 1 saturated carbocycles. The lowest BCUT2D eigenvalue weighted by molar-refractivity contribution is 0.371. The van der Waals surface area contributed by atoms with Gasteiger partial charge in [0, 0.05) is 35.4 Å². The van der Waals surface area contributed by atoms with Gasteiger partial charge < -0.3 is 11.1 Å². The van der Waals surface area contributed by atoms with Crippen molar-refractivity contribution >= 4 is 22.4 Å². The van der Waals surface area contributed by atoms with E-state index in [0.29, 0.717) is 18.0 Å². The lowest BCUT2D eigenvalue weighted by Gasteiger charge is -2.32. The number of nitrogens with two attached hydrogens (primary N) is 1. The second kappa shape index (κ2) is 5.53. The number of pyridine rings is 1. The molecule has 1 aliphatic rings. The van der Waals surface area contributed by atoms with Gasteiger partial charge in [-0.15, -0.1) is 5.10 Å². The van der Waals surface area contributed by atoms with Crippen molar-refractivity contribution in [2.75, 3.05) is 5.32 Å². The quantitative estimate of drug-likeness (QED) is 0.604. The molecule has 124 valence electrons. The molecular weight excluding hydrogens is 312 g/mol.